The van der Waals surface area contributed by atoms with Crippen LogP contribution < -0.4 is 5.43 Å². The minimum atomic E-state index is -4.87. The number of phenolic OH excluding ortho intramolecular Hbond substituents is 1. The number of phenols is 1. The summed E-state index contributed by atoms with van der Waals surface area (Å²) in [6.45, 7) is 1.92. The van der Waals surface area contributed by atoms with E-state index in [0.717, 1.165) is 0 Å². The van der Waals surface area contributed by atoms with Gasteiger partial charge in [-0.25, -0.2) is 0 Å². The zero-order chi connectivity index (χ0) is 20.6. The number of aryl methyl sites for hydroxylation is 1. The van der Waals surface area contributed by atoms with Crippen molar-refractivity contribution in [1.82, 2.24) is 4.90 Å². The molecule has 7 heteroatoms. The zero-order valence-electron chi connectivity index (χ0n) is 15.7. The van der Waals surface area contributed by atoms with Crippen LogP contribution in [0.1, 0.15) is 23.8 Å². The predicted octanol–water partition coefficient (Wildman–Crippen LogP) is 4.81. The lowest BCUT2D eigenvalue weighted by Crippen LogP contribution is -2.18. The molecule has 0 aliphatic rings. The highest BCUT2D eigenvalue weighted by Gasteiger charge is 2.40. The molecule has 0 spiro atoms. The highest BCUT2D eigenvalue weighted by molar-refractivity contribution is 5.88. The van der Waals surface area contributed by atoms with Gasteiger partial charge in [-0.3, -0.25) is 4.79 Å². The molecule has 1 N–H and O–H groups in total. The summed E-state index contributed by atoms with van der Waals surface area (Å²) < 4.78 is 46.6. The number of halogens is 3. The molecular formula is C21H20F3NO3. The second kappa shape index (κ2) is 7.31. The van der Waals surface area contributed by atoms with E-state index < -0.39 is 22.9 Å². The second-order valence-electron chi connectivity index (χ2n) is 6.83. The third-order valence-electron chi connectivity index (χ3n) is 4.51. The van der Waals surface area contributed by atoms with Gasteiger partial charge in [0.2, 0.25) is 11.2 Å². The number of fused-ring (bicyclic) bond motifs is 1. The van der Waals surface area contributed by atoms with E-state index in [9.17, 15) is 23.1 Å². The molecule has 1 aromatic heterocycles. The summed E-state index contributed by atoms with van der Waals surface area (Å²) in [4.78, 5) is 14.8. The summed E-state index contributed by atoms with van der Waals surface area (Å²) in [7, 11) is 3.43. The Morgan fingerprint density at radius 3 is 2.32 bits per heavy atom. The maximum Gasteiger partial charge on any atom is 0.450 e. The summed E-state index contributed by atoms with van der Waals surface area (Å²) in [6, 6.07) is 9.07. The molecule has 0 radical (unpaired) electrons. The van der Waals surface area contributed by atoms with E-state index in [-0.39, 0.29) is 34.4 Å². The van der Waals surface area contributed by atoms with Gasteiger partial charge in [0.25, 0.3) is 0 Å². The van der Waals surface area contributed by atoms with Crippen molar-refractivity contribution in [3.8, 4) is 16.9 Å². The van der Waals surface area contributed by atoms with Crippen LogP contribution in [-0.2, 0) is 19.1 Å². The van der Waals surface area contributed by atoms with Crippen LogP contribution in [0.2, 0.25) is 0 Å². The van der Waals surface area contributed by atoms with Crippen molar-refractivity contribution in [2.24, 2.45) is 0 Å². The maximum atomic E-state index is 13.8. The normalized spacial score (nSPS) is 12.1. The van der Waals surface area contributed by atoms with Crippen LogP contribution in [0.25, 0.3) is 22.1 Å². The third-order valence-corrected chi connectivity index (χ3v) is 4.51. The Hall–Kier alpha value is -2.80. The Morgan fingerprint density at radius 1 is 1.14 bits per heavy atom. The van der Waals surface area contributed by atoms with Crippen molar-refractivity contribution in [3.05, 3.63) is 63.5 Å². The smallest absolute Gasteiger partial charge is 0.450 e. The number of rotatable bonds is 4. The van der Waals surface area contributed by atoms with Crippen LogP contribution in [0.3, 0.4) is 0 Å². The van der Waals surface area contributed by atoms with Gasteiger partial charge in [0.05, 0.1) is 16.5 Å². The number of hydrogen-bond donors (Lipinski definition) is 1. The van der Waals surface area contributed by atoms with Crippen molar-refractivity contribution in [1.29, 1.82) is 0 Å². The molecule has 0 fully saturated rings. The molecule has 1 heterocycles. The van der Waals surface area contributed by atoms with Crippen LogP contribution in [0, 0.1) is 0 Å². The Bertz CT molecular complexity index is 1070. The Balaban J connectivity index is 2.51. The quantitative estimate of drug-likeness (QED) is 0.694. The summed E-state index contributed by atoms with van der Waals surface area (Å²) in [5.74, 6) is -1.51. The van der Waals surface area contributed by atoms with Crippen LogP contribution in [-0.4, -0.2) is 24.1 Å². The van der Waals surface area contributed by atoms with Gasteiger partial charge in [-0.15, -0.1) is 0 Å². The lowest BCUT2D eigenvalue weighted by Gasteiger charge is -2.18. The molecule has 2 aromatic carbocycles. The van der Waals surface area contributed by atoms with Gasteiger partial charge in [0.1, 0.15) is 11.3 Å². The van der Waals surface area contributed by atoms with Gasteiger partial charge >= 0.3 is 6.18 Å². The third kappa shape index (κ3) is 3.49. The van der Waals surface area contributed by atoms with Crippen molar-refractivity contribution >= 4 is 11.0 Å². The van der Waals surface area contributed by atoms with Crippen molar-refractivity contribution < 1.29 is 22.7 Å². The van der Waals surface area contributed by atoms with E-state index in [1.54, 1.807) is 44.1 Å². The Labute approximate surface area is 159 Å². The zero-order valence-corrected chi connectivity index (χ0v) is 15.7. The fourth-order valence-electron chi connectivity index (χ4n) is 3.25. The molecule has 0 unspecified atom stereocenters. The number of nitrogens with zero attached hydrogens (tertiary/aromatic N) is 1. The maximum absolute atomic E-state index is 13.8. The van der Waals surface area contributed by atoms with Crippen LogP contribution in [0.5, 0.6) is 5.75 Å². The molecular weight excluding hydrogens is 371 g/mol. The van der Waals surface area contributed by atoms with Gasteiger partial charge in [-0.05, 0) is 37.7 Å². The van der Waals surface area contributed by atoms with Gasteiger partial charge in [0, 0.05) is 6.54 Å². The Kier molecular flexibility index (Phi) is 5.21. The average Bonchev–Trinajstić information content (AvgIpc) is 2.63. The lowest BCUT2D eigenvalue weighted by atomic mass is 9.97. The molecule has 0 aliphatic carbocycles. The van der Waals surface area contributed by atoms with Crippen LogP contribution in [0.15, 0.2) is 45.6 Å². The number of aromatic hydroxyl groups is 1. The van der Waals surface area contributed by atoms with E-state index in [4.69, 9.17) is 4.42 Å². The molecule has 0 amide bonds. The Morgan fingerprint density at radius 2 is 1.79 bits per heavy atom. The monoisotopic (exact) mass is 391 g/mol. The minimum Gasteiger partial charge on any atom is -0.507 e. The van der Waals surface area contributed by atoms with Crippen molar-refractivity contribution in [2.75, 3.05) is 14.1 Å². The fraction of sp³-hybridized carbons (Fsp3) is 0.286. The first-order valence-electron chi connectivity index (χ1n) is 8.77. The molecule has 3 aromatic rings. The van der Waals surface area contributed by atoms with Crippen molar-refractivity contribution in [3.63, 3.8) is 0 Å². The molecule has 0 bridgehead atoms. The summed E-state index contributed by atoms with van der Waals surface area (Å²) in [5, 5.41) is 10.6. The molecule has 148 valence electrons. The van der Waals surface area contributed by atoms with E-state index in [0.29, 0.717) is 12.0 Å². The van der Waals surface area contributed by atoms with Gasteiger partial charge in [-0.2, -0.15) is 13.2 Å². The standard InChI is InChI=1S/C21H20F3NO3/c1-4-12-10-14-18(27)16(13-8-6-5-7-9-13)20(21(22,23)24)28-19(14)15(17(12)26)11-25(2)3/h5-10,26H,4,11H2,1-3H3. The molecule has 4 nitrogen and oxygen atoms in total. The fourth-order valence-corrected chi connectivity index (χ4v) is 3.25. The first-order valence-corrected chi connectivity index (χ1v) is 8.77. The highest BCUT2D eigenvalue weighted by atomic mass is 19.4. The second-order valence-corrected chi connectivity index (χ2v) is 6.83. The highest BCUT2D eigenvalue weighted by Crippen LogP contribution is 2.40. The first kappa shape index (κ1) is 19.9. The molecule has 0 atom stereocenters. The van der Waals surface area contributed by atoms with Gasteiger partial charge < -0.3 is 14.4 Å². The van der Waals surface area contributed by atoms with Crippen molar-refractivity contribution in [2.45, 2.75) is 26.1 Å². The van der Waals surface area contributed by atoms with E-state index in [1.807, 2.05) is 0 Å². The molecule has 0 saturated carbocycles. The number of alkyl halides is 3. The molecule has 0 saturated heterocycles. The van der Waals surface area contributed by atoms with E-state index >= 15 is 0 Å². The SMILES string of the molecule is CCc1cc2c(=O)c(-c3ccccc3)c(C(F)(F)F)oc2c(CN(C)C)c1O. The topological polar surface area (TPSA) is 53.7 Å². The van der Waals surface area contributed by atoms with Gasteiger partial charge in [0.15, 0.2) is 0 Å². The summed E-state index contributed by atoms with van der Waals surface area (Å²) in [5.41, 5.74) is -0.748. The number of benzene rings is 2. The molecule has 3 rings (SSSR count). The average molecular weight is 391 g/mol. The number of hydrogen-bond acceptors (Lipinski definition) is 4. The van der Waals surface area contributed by atoms with Crippen LogP contribution in [0.4, 0.5) is 13.2 Å². The summed E-state index contributed by atoms with van der Waals surface area (Å²) >= 11 is 0. The molecule has 28 heavy (non-hydrogen) atoms. The lowest BCUT2D eigenvalue weighted by molar-refractivity contribution is -0.152. The van der Waals surface area contributed by atoms with Gasteiger partial charge in [-0.1, -0.05) is 37.3 Å². The minimum absolute atomic E-state index is 0.0263. The molecule has 0 aliphatic heterocycles. The first-order chi connectivity index (χ1) is 13.1. The van der Waals surface area contributed by atoms with E-state index in [2.05, 4.69) is 0 Å². The van der Waals surface area contributed by atoms with E-state index in [1.165, 1.54) is 18.2 Å². The largest absolute Gasteiger partial charge is 0.507 e. The summed E-state index contributed by atoms with van der Waals surface area (Å²) in [6.07, 6.45) is -4.45. The predicted molar refractivity (Wildman–Crippen MR) is 101 cm³/mol. The van der Waals surface area contributed by atoms with Crippen LogP contribution >= 0.6 is 0 Å².